The lowest BCUT2D eigenvalue weighted by Gasteiger charge is -2.17. The number of rotatable bonds is 6. The summed E-state index contributed by atoms with van der Waals surface area (Å²) in [6.45, 7) is 1.95. The summed E-state index contributed by atoms with van der Waals surface area (Å²) < 4.78 is 23.7. The third-order valence-corrected chi connectivity index (χ3v) is 6.63. The van der Waals surface area contributed by atoms with Crippen molar-refractivity contribution in [1.29, 1.82) is 0 Å². The van der Waals surface area contributed by atoms with Crippen molar-refractivity contribution in [3.63, 3.8) is 0 Å². The molecule has 0 saturated heterocycles. The van der Waals surface area contributed by atoms with E-state index in [-0.39, 0.29) is 22.6 Å². The molecule has 0 spiro atoms. The van der Waals surface area contributed by atoms with Crippen LogP contribution < -0.4 is 5.32 Å². The van der Waals surface area contributed by atoms with E-state index in [9.17, 15) is 13.2 Å². The molecule has 6 heteroatoms. The molecule has 0 fully saturated rings. The normalized spacial score (nSPS) is 12.7. The van der Waals surface area contributed by atoms with E-state index in [1.54, 1.807) is 24.3 Å². The summed E-state index contributed by atoms with van der Waals surface area (Å²) in [5.41, 5.74) is 1.06. The first-order valence-electron chi connectivity index (χ1n) is 8.55. The standard InChI is InChI=1S/C21H21NO3S2/c1-15(17-11-7-9-16-8-3-4-10-18(16)17)22-21(23)14-26-19-12-5-6-13-20(19)27(2,24)25/h3-13,15H,14H2,1-2H3,(H,22,23). The Balaban J connectivity index is 1.70. The maximum absolute atomic E-state index is 12.4. The van der Waals surface area contributed by atoms with Gasteiger partial charge in [-0.05, 0) is 35.4 Å². The average Bonchev–Trinajstić information content (AvgIpc) is 2.65. The minimum absolute atomic E-state index is 0.135. The largest absolute Gasteiger partial charge is 0.349 e. The van der Waals surface area contributed by atoms with Crippen LogP contribution in [0.3, 0.4) is 0 Å². The lowest BCUT2D eigenvalue weighted by molar-refractivity contribution is -0.119. The smallest absolute Gasteiger partial charge is 0.230 e. The highest BCUT2D eigenvalue weighted by Crippen LogP contribution is 2.27. The van der Waals surface area contributed by atoms with Gasteiger partial charge in [-0.2, -0.15) is 0 Å². The van der Waals surface area contributed by atoms with Crippen LogP contribution in [-0.2, 0) is 14.6 Å². The highest BCUT2D eigenvalue weighted by Gasteiger charge is 2.16. The maximum atomic E-state index is 12.4. The first-order chi connectivity index (χ1) is 12.9. The zero-order valence-corrected chi connectivity index (χ0v) is 16.8. The van der Waals surface area contributed by atoms with Crippen LogP contribution in [0.5, 0.6) is 0 Å². The topological polar surface area (TPSA) is 63.2 Å². The molecule has 4 nitrogen and oxygen atoms in total. The summed E-state index contributed by atoms with van der Waals surface area (Å²) in [5.74, 6) is 0.0190. The molecule has 3 aromatic carbocycles. The van der Waals surface area contributed by atoms with E-state index in [1.807, 2.05) is 49.4 Å². The van der Waals surface area contributed by atoms with Gasteiger partial charge in [0.05, 0.1) is 16.7 Å². The monoisotopic (exact) mass is 399 g/mol. The Bertz CT molecular complexity index is 1070. The van der Waals surface area contributed by atoms with E-state index in [0.717, 1.165) is 16.3 Å². The third-order valence-electron chi connectivity index (χ3n) is 4.27. The van der Waals surface area contributed by atoms with Crippen molar-refractivity contribution in [2.75, 3.05) is 12.0 Å². The van der Waals surface area contributed by atoms with Crippen LogP contribution in [0.15, 0.2) is 76.5 Å². The lowest BCUT2D eigenvalue weighted by atomic mass is 10.00. The molecule has 3 rings (SSSR count). The number of amides is 1. The van der Waals surface area contributed by atoms with Crippen LogP contribution in [0.4, 0.5) is 0 Å². The van der Waals surface area contributed by atoms with Gasteiger partial charge in [-0.25, -0.2) is 8.42 Å². The average molecular weight is 400 g/mol. The van der Waals surface area contributed by atoms with E-state index in [1.165, 1.54) is 18.0 Å². The zero-order valence-electron chi connectivity index (χ0n) is 15.2. The molecular weight excluding hydrogens is 378 g/mol. The third kappa shape index (κ3) is 4.70. The van der Waals surface area contributed by atoms with Crippen molar-refractivity contribution in [2.24, 2.45) is 0 Å². The fourth-order valence-corrected chi connectivity index (χ4v) is 5.15. The molecule has 0 heterocycles. The van der Waals surface area contributed by atoms with Gasteiger partial charge in [0.25, 0.3) is 0 Å². The van der Waals surface area contributed by atoms with Gasteiger partial charge in [0.1, 0.15) is 0 Å². The summed E-state index contributed by atoms with van der Waals surface area (Å²) in [5, 5.41) is 5.25. The molecule has 0 bridgehead atoms. The first kappa shape index (κ1) is 19.5. The number of nitrogens with one attached hydrogen (secondary N) is 1. The molecule has 3 aromatic rings. The summed E-state index contributed by atoms with van der Waals surface area (Å²) >= 11 is 1.23. The molecule has 1 atom stereocenters. The van der Waals surface area contributed by atoms with E-state index >= 15 is 0 Å². The molecule has 0 radical (unpaired) electrons. The van der Waals surface area contributed by atoms with E-state index in [4.69, 9.17) is 0 Å². The Morgan fingerprint density at radius 2 is 1.67 bits per heavy atom. The molecule has 1 N–H and O–H groups in total. The number of sulfone groups is 1. The van der Waals surface area contributed by atoms with Crippen LogP contribution in [0.25, 0.3) is 10.8 Å². The molecule has 1 amide bonds. The van der Waals surface area contributed by atoms with Crippen molar-refractivity contribution >= 4 is 38.3 Å². The van der Waals surface area contributed by atoms with Crippen molar-refractivity contribution in [2.45, 2.75) is 22.8 Å². The van der Waals surface area contributed by atoms with E-state index in [2.05, 4.69) is 5.32 Å². The Hall–Kier alpha value is -2.31. The van der Waals surface area contributed by atoms with Crippen LogP contribution in [0, 0.1) is 0 Å². The summed E-state index contributed by atoms with van der Waals surface area (Å²) in [6.07, 6.45) is 1.18. The van der Waals surface area contributed by atoms with Crippen molar-refractivity contribution in [3.05, 3.63) is 72.3 Å². The fourth-order valence-electron chi connectivity index (χ4n) is 3.01. The summed E-state index contributed by atoms with van der Waals surface area (Å²) in [6, 6.07) is 20.7. The van der Waals surface area contributed by atoms with Gasteiger partial charge in [0.2, 0.25) is 5.91 Å². The molecular formula is C21H21NO3S2. The second-order valence-electron chi connectivity index (χ2n) is 6.37. The molecule has 0 aliphatic rings. The second-order valence-corrected chi connectivity index (χ2v) is 9.37. The molecule has 140 valence electrons. The van der Waals surface area contributed by atoms with Crippen LogP contribution in [-0.4, -0.2) is 26.3 Å². The molecule has 27 heavy (non-hydrogen) atoms. The number of hydrogen-bond acceptors (Lipinski definition) is 4. The van der Waals surface area contributed by atoms with Gasteiger partial charge in [-0.15, -0.1) is 11.8 Å². The molecule has 0 aliphatic carbocycles. The maximum Gasteiger partial charge on any atom is 0.230 e. The van der Waals surface area contributed by atoms with E-state index in [0.29, 0.717) is 4.90 Å². The first-order valence-corrected chi connectivity index (χ1v) is 11.4. The minimum atomic E-state index is -3.32. The Morgan fingerprint density at radius 1 is 1.00 bits per heavy atom. The summed E-state index contributed by atoms with van der Waals surface area (Å²) in [7, 11) is -3.32. The zero-order chi connectivity index (χ0) is 19.4. The quantitative estimate of drug-likeness (QED) is 0.631. The number of carbonyl (C=O) groups excluding carboxylic acids is 1. The van der Waals surface area contributed by atoms with Crippen LogP contribution in [0.1, 0.15) is 18.5 Å². The highest BCUT2D eigenvalue weighted by atomic mass is 32.2. The summed E-state index contributed by atoms with van der Waals surface area (Å²) in [4.78, 5) is 13.3. The van der Waals surface area contributed by atoms with Crippen LogP contribution in [0.2, 0.25) is 0 Å². The number of carbonyl (C=O) groups is 1. The number of fused-ring (bicyclic) bond motifs is 1. The Kier molecular flexibility index (Phi) is 5.87. The molecule has 0 saturated carbocycles. The van der Waals surface area contributed by atoms with E-state index < -0.39 is 9.84 Å². The predicted molar refractivity (Wildman–Crippen MR) is 111 cm³/mol. The Labute approximate surface area is 163 Å². The van der Waals surface area contributed by atoms with Crippen LogP contribution >= 0.6 is 11.8 Å². The number of benzene rings is 3. The Morgan fingerprint density at radius 3 is 2.44 bits per heavy atom. The van der Waals surface area contributed by atoms with Gasteiger partial charge in [0, 0.05) is 11.2 Å². The minimum Gasteiger partial charge on any atom is -0.349 e. The highest BCUT2D eigenvalue weighted by molar-refractivity contribution is 8.00. The molecule has 0 aromatic heterocycles. The second kappa shape index (κ2) is 8.15. The SMILES string of the molecule is CC(NC(=O)CSc1ccccc1S(C)(=O)=O)c1cccc2ccccc12. The number of hydrogen-bond donors (Lipinski definition) is 1. The lowest BCUT2D eigenvalue weighted by Crippen LogP contribution is -2.28. The van der Waals surface area contributed by atoms with Gasteiger partial charge in [0.15, 0.2) is 9.84 Å². The van der Waals surface area contributed by atoms with Crippen molar-refractivity contribution in [3.8, 4) is 0 Å². The van der Waals surface area contributed by atoms with Gasteiger partial charge >= 0.3 is 0 Å². The van der Waals surface area contributed by atoms with Gasteiger partial charge < -0.3 is 5.32 Å². The van der Waals surface area contributed by atoms with Gasteiger partial charge in [-0.3, -0.25) is 4.79 Å². The molecule has 1 unspecified atom stereocenters. The molecule has 0 aliphatic heterocycles. The fraction of sp³-hybridized carbons (Fsp3) is 0.190. The predicted octanol–water partition coefficient (Wildman–Crippen LogP) is 4.21. The van der Waals surface area contributed by atoms with Crippen molar-refractivity contribution < 1.29 is 13.2 Å². The number of thioether (sulfide) groups is 1. The van der Waals surface area contributed by atoms with Gasteiger partial charge in [-0.1, -0.05) is 54.6 Å². The van der Waals surface area contributed by atoms with Crippen molar-refractivity contribution in [1.82, 2.24) is 5.32 Å².